The summed E-state index contributed by atoms with van der Waals surface area (Å²) in [6.45, 7) is 0. The van der Waals surface area contributed by atoms with Crippen LogP contribution in [0.25, 0.3) is 0 Å². The first-order valence-corrected chi connectivity index (χ1v) is 5.88. The number of rotatable bonds is 2. The van der Waals surface area contributed by atoms with E-state index in [1.54, 1.807) is 0 Å². The fourth-order valence-corrected chi connectivity index (χ4v) is 1.42. The monoisotopic (exact) mass is 369 g/mol. The first-order valence-electron chi connectivity index (χ1n) is 5.88. The van der Waals surface area contributed by atoms with E-state index in [1.165, 1.54) is 24.3 Å². The smallest absolute Gasteiger partial charge is 0.872 e. The molecule has 0 saturated carbocycles. The second kappa shape index (κ2) is 9.93. The van der Waals surface area contributed by atoms with Crippen molar-refractivity contribution in [2.45, 2.75) is 0 Å². The van der Waals surface area contributed by atoms with Crippen molar-refractivity contribution >= 4 is 12.4 Å². The molecule has 0 aliphatic rings. The maximum Gasteiger partial charge on any atom is 2.00 e. The van der Waals surface area contributed by atoms with Crippen LogP contribution in [0.1, 0.15) is 11.1 Å². The van der Waals surface area contributed by atoms with Crippen LogP contribution in [0.2, 0.25) is 0 Å². The third-order valence-corrected chi connectivity index (χ3v) is 2.44. The van der Waals surface area contributed by atoms with Crippen molar-refractivity contribution in [2.24, 2.45) is 10.3 Å². The molecule has 1 radical (unpaired) electrons. The Balaban J connectivity index is 0.000000403. The normalized spacial score (nSPS) is 10.1. The van der Waals surface area contributed by atoms with Crippen molar-refractivity contribution in [3.63, 3.8) is 0 Å². The molecule has 125 valence electrons. The number of hydrogen-bond donors (Lipinski definition) is 2. The molecule has 0 aliphatic carbocycles. The van der Waals surface area contributed by atoms with Crippen LogP contribution in [0.4, 0.5) is 0 Å². The minimum atomic E-state index is -0.218. The molecule has 2 aromatic carbocycles. The minimum Gasteiger partial charge on any atom is -0.872 e. The van der Waals surface area contributed by atoms with Gasteiger partial charge < -0.3 is 30.8 Å². The van der Waals surface area contributed by atoms with Gasteiger partial charge >= 0.3 is 17.1 Å². The number of nitrogens with zero attached hydrogens (tertiary/aromatic N) is 2. The summed E-state index contributed by atoms with van der Waals surface area (Å²) in [5, 5.41) is 57.4. The summed E-state index contributed by atoms with van der Waals surface area (Å²) in [7, 11) is 0. The molecule has 0 saturated heterocycles. The van der Waals surface area contributed by atoms with E-state index in [0.29, 0.717) is 11.1 Å². The maximum atomic E-state index is 10.6. The molecule has 0 atom stereocenters. The third-order valence-electron chi connectivity index (χ3n) is 2.44. The quantitative estimate of drug-likeness (QED) is 0.251. The van der Waals surface area contributed by atoms with Crippen LogP contribution < -0.4 is 10.2 Å². The van der Waals surface area contributed by atoms with E-state index in [1.807, 2.05) is 0 Å². The van der Waals surface area contributed by atoms with Gasteiger partial charge in [0.1, 0.15) is 0 Å². The SMILES string of the molecule is [Cu+2].[O-]c1ccc(/C=N/O)c([OH2+])c1.[O-]c1ccc(/C=N\O)c([OH2+])c1. The van der Waals surface area contributed by atoms with Crippen molar-refractivity contribution in [3.8, 4) is 23.0 Å². The molecule has 0 aromatic heterocycles. The summed E-state index contributed by atoms with van der Waals surface area (Å²) in [5.41, 5.74) is 0.846. The molecular weight excluding hydrogens is 356 g/mol. The first-order chi connectivity index (χ1) is 10.5. The molecule has 0 amide bonds. The first kappa shape index (κ1) is 20.1. The largest absolute Gasteiger partial charge is 2.00 e. The van der Waals surface area contributed by atoms with Crippen LogP contribution >= 0.6 is 0 Å². The second-order valence-electron chi connectivity index (χ2n) is 3.99. The zero-order valence-electron chi connectivity index (χ0n) is 11.5. The van der Waals surface area contributed by atoms with Gasteiger partial charge in [0.15, 0.2) is 0 Å². The topological polar surface area (TPSA) is 157 Å². The van der Waals surface area contributed by atoms with Gasteiger partial charge in [-0.15, -0.1) is 0 Å². The van der Waals surface area contributed by atoms with E-state index in [4.69, 9.17) is 20.6 Å². The zero-order valence-corrected chi connectivity index (χ0v) is 12.5. The Hall–Kier alpha value is -2.90. The van der Waals surface area contributed by atoms with Gasteiger partial charge in [0.2, 0.25) is 0 Å². The summed E-state index contributed by atoms with van der Waals surface area (Å²) in [6, 6.07) is 7.83. The van der Waals surface area contributed by atoms with Gasteiger partial charge in [-0.3, -0.25) is 0 Å². The number of oxime groups is 2. The van der Waals surface area contributed by atoms with Gasteiger partial charge in [0.25, 0.3) is 11.5 Å². The average molecular weight is 370 g/mol. The van der Waals surface area contributed by atoms with E-state index in [0.717, 1.165) is 24.6 Å². The van der Waals surface area contributed by atoms with Crippen molar-refractivity contribution in [3.05, 3.63) is 47.5 Å². The fourth-order valence-electron chi connectivity index (χ4n) is 1.42. The number of benzene rings is 2. The second-order valence-corrected chi connectivity index (χ2v) is 3.99. The van der Waals surface area contributed by atoms with Gasteiger partial charge in [0, 0.05) is 12.1 Å². The van der Waals surface area contributed by atoms with Crippen LogP contribution in [0, 0.1) is 0 Å². The molecule has 23 heavy (non-hydrogen) atoms. The van der Waals surface area contributed by atoms with Crippen molar-refractivity contribution in [1.82, 2.24) is 0 Å². The number of hydrogen-bond acceptors (Lipinski definition) is 6. The molecule has 0 fully saturated rings. The zero-order chi connectivity index (χ0) is 16.5. The van der Waals surface area contributed by atoms with Gasteiger partial charge in [-0.1, -0.05) is 33.9 Å². The van der Waals surface area contributed by atoms with Crippen LogP contribution in [-0.4, -0.2) is 33.1 Å². The van der Waals surface area contributed by atoms with Crippen molar-refractivity contribution in [1.29, 1.82) is 0 Å². The van der Waals surface area contributed by atoms with Crippen LogP contribution in [0.15, 0.2) is 46.7 Å². The van der Waals surface area contributed by atoms with E-state index in [-0.39, 0.29) is 40.1 Å². The summed E-state index contributed by atoms with van der Waals surface area (Å²) < 4.78 is 0. The Labute approximate surface area is 141 Å². The molecule has 0 unspecified atom stereocenters. The van der Waals surface area contributed by atoms with Gasteiger partial charge in [0.05, 0.1) is 23.6 Å². The summed E-state index contributed by atoms with van der Waals surface area (Å²) in [4.78, 5) is 0. The molecule has 0 aliphatic heterocycles. The fraction of sp³-hybridized carbons (Fsp3) is 0. The van der Waals surface area contributed by atoms with Crippen LogP contribution in [0.3, 0.4) is 0 Å². The Morgan fingerprint density at radius 2 is 1.13 bits per heavy atom. The maximum absolute atomic E-state index is 10.6. The van der Waals surface area contributed by atoms with Crippen molar-refractivity contribution < 1.29 is 47.9 Å². The summed E-state index contributed by atoms with van der Waals surface area (Å²) >= 11 is 0. The van der Waals surface area contributed by atoms with Crippen LogP contribution in [0.5, 0.6) is 23.0 Å². The van der Waals surface area contributed by atoms with E-state index in [2.05, 4.69) is 10.3 Å². The standard InChI is InChI=1S/2C7H7NO3.Cu/c2*9-6-2-1-5(4-8-11)7(10)3-6;/h2*1-4,9-11H;/q;;+2/b8-4+;8-4-;. The molecule has 9 heteroatoms. The molecule has 6 N–H and O–H groups in total. The molecule has 8 nitrogen and oxygen atoms in total. The molecule has 2 aromatic rings. The Kier molecular flexibility index (Phi) is 8.68. The molecular formula is C14H14CuN2O6+2. The Morgan fingerprint density at radius 3 is 1.39 bits per heavy atom. The molecule has 2 rings (SSSR count). The van der Waals surface area contributed by atoms with E-state index >= 15 is 0 Å². The van der Waals surface area contributed by atoms with Gasteiger partial charge in [-0.05, 0) is 12.1 Å². The summed E-state index contributed by atoms with van der Waals surface area (Å²) in [5.74, 6) is -0.305. The molecule has 0 bridgehead atoms. The molecule has 0 heterocycles. The third kappa shape index (κ3) is 6.60. The van der Waals surface area contributed by atoms with E-state index in [9.17, 15) is 10.2 Å². The van der Waals surface area contributed by atoms with Gasteiger partial charge in [-0.25, -0.2) is 0 Å². The summed E-state index contributed by atoms with van der Waals surface area (Å²) in [6.07, 6.45) is 2.23. The van der Waals surface area contributed by atoms with E-state index < -0.39 is 0 Å². The average Bonchev–Trinajstić information content (AvgIpc) is 2.46. The predicted molar refractivity (Wildman–Crippen MR) is 76.7 cm³/mol. The van der Waals surface area contributed by atoms with Crippen LogP contribution in [-0.2, 0) is 17.1 Å². The Bertz CT molecular complexity index is 631. The molecule has 0 spiro atoms. The minimum absolute atomic E-state index is 0. The Morgan fingerprint density at radius 1 is 0.783 bits per heavy atom. The van der Waals surface area contributed by atoms with Crippen molar-refractivity contribution in [2.75, 3.05) is 0 Å². The van der Waals surface area contributed by atoms with Gasteiger partial charge in [-0.2, -0.15) is 0 Å². The predicted octanol–water partition coefficient (Wildman–Crippen LogP) is 0.00990.